The molecule has 0 aliphatic heterocycles. The lowest BCUT2D eigenvalue weighted by Crippen LogP contribution is -2.34. The van der Waals surface area contributed by atoms with E-state index in [0.717, 1.165) is 40.6 Å². The van der Waals surface area contributed by atoms with Crippen molar-refractivity contribution < 1.29 is 19.1 Å². The molecular formula is C19H19BrN2O4S2. The highest BCUT2D eigenvalue weighted by Gasteiger charge is 2.26. The van der Waals surface area contributed by atoms with Gasteiger partial charge in [0.25, 0.3) is 5.91 Å². The van der Waals surface area contributed by atoms with E-state index in [1.807, 2.05) is 0 Å². The van der Waals surface area contributed by atoms with Crippen molar-refractivity contribution in [1.29, 1.82) is 0 Å². The lowest BCUT2D eigenvalue weighted by Gasteiger charge is -2.13. The predicted octanol–water partition coefficient (Wildman–Crippen LogP) is 4.31. The van der Waals surface area contributed by atoms with Gasteiger partial charge in [-0.05, 0) is 61.7 Å². The van der Waals surface area contributed by atoms with Crippen LogP contribution >= 0.6 is 39.5 Å². The van der Waals surface area contributed by atoms with Gasteiger partial charge in [-0.3, -0.25) is 10.1 Å². The van der Waals surface area contributed by atoms with Crippen molar-refractivity contribution in [3.8, 4) is 5.75 Å². The van der Waals surface area contributed by atoms with E-state index in [4.69, 9.17) is 21.7 Å². The molecular weight excluding hydrogens is 464 g/mol. The largest absolute Gasteiger partial charge is 0.496 e. The maximum absolute atomic E-state index is 12.6. The monoisotopic (exact) mass is 482 g/mol. The number of thiocarbonyl (C=S) groups is 1. The van der Waals surface area contributed by atoms with Crippen LogP contribution < -0.4 is 15.4 Å². The molecule has 28 heavy (non-hydrogen) atoms. The number of anilines is 1. The van der Waals surface area contributed by atoms with Crippen molar-refractivity contribution in [3.63, 3.8) is 0 Å². The van der Waals surface area contributed by atoms with Gasteiger partial charge in [0.15, 0.2) is 5.11 Å². The van der Waals surface area contributed by atoms with Crippen LogP contribution in [0.2, 0.25) is 0 Å². The number of esters is 1. The summed E-state index contributed by atoms with van der Waals surface area (Å²) in [6, 6.07) is 5.13. The Bertz CT molecular complexity index is 942. The van der Waals surface area contributed by atoms with Crippen LogP contribution in [0.3, 0.4) is 0 Å². The van der Waals surface area contributed by atoms with Gasteiger partial charge < -0.3 is 14.8 Å². The number of thiophene rings is 1. The molecule has 0 atom stereocenters. The fourth-order valence-electron chi connectivity index (χ4n) is 3.13. The molecule has 0 radical (unpaired) electrons. The zero-order chi connectivity index (χ0) is 20.3. The van der Waals surface area contributed by atoms with Crippen molar-refractivity contribution in [3.05, 3.63) is 44.2 Å². The van der Waals surface area contributed by atoms with Crippen molar-refractivity contribution >= 4 is 61.5 Å². The fraction of sp³-hybridized carbons (Fsp3) is 0.316. The summed E-state index contributed by atoms with van der Waals surface area (Å²) in [4.78, 5) is 26.1. The summed E-state index contributed by atoms with van der Waals surface area (Å²) in [7, 11) is 2.86. The first kappa shape index (κ1) is 20.8. The van der Waals surface area contributed by atoms with Gasteiger partial charge in [0, 0.05) is 9.35 Å². The van der Waals surface area contributed by atoms with Gasteiger partial charge in [0.05, 0.1) is 25.3 Å². The Morgan fingerprint density at radius 1 is 1.21 bits per heavy atom. The van der Waals surface area contributed by atoms with Crippen LogP contribution in [0, 0.1) is 0 Å². The third-order valence-electron chi connectivity index (χ3n) is 4.42. The van der Waals surface area contributed by atoms with Crippen LogP contribution in [-0.2, 0) is 17.6 Å². The molecule has 1 amide bonds. The third kappa shape index (κ3) is 4.37. The Hall–Kier alpha value is -1.97. The molecule has 1 heterocycles. The number of nitrogens with one attached hydrogen (secondary N) is 2. The Morgan fingerprint density at radius 3 is 2.68 bits per heavy atom. The quantitative estimate of drug-likeness (QED) is 0.499. The number of carbonyl (C=O) groups is 2. The highest BCUT2D eigenvalue weighted by atomic mass is 79.9. The van der Waals surface area contributed by atoms with E-state index >= 15 is 0 Å². The SMILES string of the molecule is COC(=O)c1c(NC(=S)NC(=O)c2cc(Br)ccc2OC)sc2c1CCCC2. The molecule has 0 bridgehead atoms. The first-order valence-electron chi connectivity index (χ1n) is 8.63. The second-order valence-corrected chi connectivity index (χ2v) is 8.59. The summed E-state index contributed by atoms with van der Waals surface area (Å²) in [6.07, 6.45) is 3.90. The standard InChI is InChI=1S/C19H19BrN2O4S2/c1-25-13-8-7-10(20)9-12(13)16(23)21-19(27)22-17-15(18(24)26-2)11-5-3-4-6-14(11)28-17/h7-9H,3-6H2,1-2H3,(H2,21,22,23,27). The highest BCUT2D eigenvalue weighted by Crippen LogP contribution is 2.38. The molecule has 1 aromatic carbocycles. The molecule has 0 spiro atoms. The lowest BCUT2D eigenvalue weighted by molar-refractivity contribution is 0.0601. The number of hydrogen-bond donors (Lipinski definition) is 2. The van der Waals surface area contributed by atoms with Crippen LogP contribution in [0.4, 0.5) is 5.00 Å². The Labute approximate surface area is 180 Å². The number of aryl methyl sites for hydroxylation is 1. The number of ether oxygens (including phenoxy) is 2. The Balaban J connectivity index is 1.80. The molecule has 0 fully saturated rings. The number of fused-ring (bicyclic) bond motifs is 1. The van der Waals surface area contributed by atoms with Crippen LogP contribution in [0.25, 0.3) is 0 Å². The zero-order valence-corrected chi connectivity index (χ0v) is 18.6. The maximum Gasteiger partial charge on any atom is 0.341 e. The van der Waals surface area contributed by atoms with Gasteiger partial charge in [-0.25, -0.2) is 4.79 Å². The van der Waals surface area contributed by atoms with Crippen LogP contribution in [0.15, 0.2) is 22.7 Å². The first-order valence-corrected chi connectivity index (χ1v) is 10.6. The lowest BCUT2D eigenvalue weighted by atomic mass is 9.95. The smallest absolute Gasteiger partial charge is 0.341 e. The summed E-state index contributed by atoms with van der Waals surface area (Å²) in [6.45, 7) is 0. The minimum atomic E-state index is -0.406. The highest BCUT2D eigenvalue weighted by molar-refractivity contribution is 9.10. The maximum atomic E-state index is 12.6. The molecule has 1 aromatic heterocycles. The average Bonchev–Trinajstić information content (AvgIpc) is 3.04. The van der Waals surface area contributed by atoms with E-state index in [1.54, 1.807) is 18.2 Å². The minimum absolute atomic E-state index is 0.107. The van der Waals surface area contributed by atoms with Crippen molar-refractivity contribution in [1.82, 2.24) is 5.32 Å². The van der Waals surface area contributed by atoms with Gasteiger partial charge in [0.2, 0.25) is 0 Å². The van der Waals surface area contributed by atoms with Crippen LogP contribution in [0.1, 0.15) is 44.0 Å². The molecule has 0 saturated heterocycles. The topological polar surface area (TPSA) is 76.7 Å². The molecule has 0 saturated carbocycles. The van der Waals surface area contributed by atoms with E-state index in [-0.39, 0.29) is 5.11 Å². The Morgan fingerprint density at radius 2 is 1.96 bits per heavy atom. The van der Waals surface area contributed by atoms with Crippen LogP contribution in [0.5, 0.6) is 5.75 Å². The molecule has 148 valence electrons. The summed E-state index contributed by atoms with van der Waals surface area (Å²) in [5.74, 6) is -0.369. The van der Waals surface area contributed by atoms with Gasteiger partial charge >= 0.3 is 5.97 Å². The van der Waals surface area contributed by atoms with E-state index < -0.39 is 11.9 Å². The first-order chi connectivity index (χ1) is 13.4. The number of halogens is 1. The second kappa shape index (κ2) is 9.02. The molecule has 6 nitrogen and oxygen atoms in total. The van der Waals surface area contributed by atoms with Crippen molar-refractivity contribution in [2.24, 2.45) is 0 Å². The molecule has 9 heteroatoms. The minimum Gasteiger partial charge on any atom is -0.496 e. The Kier molecular flexibility index (Phi) is 6.69. The number of amides is 1. The summed E-state index contributed by atoms with van der Waals surface area (Å²) >= 11 is 10.1. The van der Waals surface area contributed by atoms with Crippen LogP contribution in [-0.4, -0.2) is 31.2 Å². The van der Waals surface area contributed by atoms with E-state index in [2.05, 4.69) is 26.6 Å². The van der Waals surface area contributed by atoms with Gasteiger partial charge in [0.1, 0.15) is 10.8 Å². The molecule has 3 rings (SSSR count). The predicted molar refractivity (Wildman–Crippen MR) is 117 cm³/mol. The number of hydrogen-bond acceptors (Lipinski definition) is 6. The zero-order valence-electron chi connectivity index (χ0n) is 15.4. The summed E-state index contributed by atoms with van der Waals surface area (Å²) in [5.41, 5.74) is 1.88. The van der Waals surface area contributed by atoms with E-state index in [1.165, 1.54) is 25.6 Å². The molecule has 1 aliphatic rings. The van der Waals surface area contributed by atoms with E-state index in [0.29, 0.717) is 21.9 Å². The molecule has 1 aliphatic carbocycles. The van der Waals surface area contributed by atoms with Crippen molar-refractivity contribution in [2.45, 2.75) is 25.7 Å². The van der Waals surface area contributed by atoms with Gasteiger partial charge in [-0.2, -0.15) is 0 Å². The molecule has 2 aromatic rings. The second-order valence-electron chi connectivity index (χ2n) is 6.16. The van der Waals surface area contributed by atoms with Gasteiger partial charge in [-0.15, -0.1) is 11.3 Å². The molecule has 2 N–H and O–H groups in total. The number of methoxy groups -OCH3 is 2. The van der Waals surface area contributed by atoms with Gasteiger partial charge in [-0.1, -0.05) is 15.9 Å². The summed E-state index contributed by atoms with van der Waals surface area (Å²) < 4.78 is 10.9. The van der Waals surface area contributed by atoms with E-state index in [9.17, 15) is 9.59 Å². The summed E-state index contributed by atoms with van der Waals surface area (Å²) in [5, 5.41) is 6.36. The average molecular weight is 483 g/mol. The van der Waals surface area contributed by atoms with Crippen molar-refractivity contribution in [2.75, 3.05) is 19.5 Å². The fourth-order valence-corrected chi connectivity index (χ4v) is 5.04. The molecule has 0 unspecified atom stereocenters. The number of benzene rings is 1. The number of rotatable bonds is 4. The third-order valence-corrected chi connectivity index (χ3v) is 6.33. The number of carbonyl (C=O) groups excluding carboxylic acids is 2. The normalized spacial score (nSPS) is 12.7.